The molecule has 134 valence electrons. The second-order valence-corrected chi connectivity index (χ2v) is 7.28. The van der Waals surface area contributed by atoms with E-state index in [4.69, 9.17) is 9.47 Å². The molecule has 1 N–H and O–H groups in total. The molecule has 0 unspecified atom stereocenters. The molecular formula is C18H28N2O3S. The number of hydrogen-bond donors (Lipinski definition) is 1. The van der Waals surface area contributed by atoms with Gasteiger partial charge in [-0.3, -0.25) is 9.69 Å². The summed E-state index contributed by atoms with van der Waals surface area (Å²) < 4.78 is 10.6. The predicted molar refractivity (Wildman–Crippen MR) is 100 cm³/mol. The first-order chi connectivity index (χ1) is 11.6. The summed E-state index contributed by atoms with van der Waals surface area (Å²) in [5.74, 6) is 3.02. The number of amides is 1. The summed E-state index contributed by atoms with van der Waals surface area (Å²) in [6.45, 7) is 3.81. The van der Waals surface area contributed by atoms with Crippen LogP contribution in [0.5, 0.6) is 5.75 Å². The number of carbonyl (C=O) groups is 1. The molecule has 1 heterocycles. The van der Waals surface area contributed by atoms with Gasteiger partial charge in [-0.2, -0.15) is 11.8 Å². The lowest BCUT2D eigenvalue weighted by Gasteiger charge is -2.33. The van der Waals surface area contributed by atoms with Gasteiger partial charge in [0.25, 0.3) is 0 Å². The van der Waals surface area contributed by atoms with E-state index in [0.29, 0.717) is 24.9 Å². The number of rotatable bonds is 8. The topological polar surface area (TPSA) is 50.8 Å². The van der Waals surface area contributed by atoms with Gasteiger partial charge in [-0.25, -0.2) is 0 Å². The quantitative estimate of drug-likeness (QED) is 0.780. The van der Waals surface area contributed by atoms with Crippen molar-refractivity contribution in [2.24, 2.45) is 0 Å². The lowest BCUT2D eigenvalue weighted by Crippen LogP contribution is -2.44. The molecule has 1 saturated heterocycles. The first kappa shape index (κ1) is 19.1. The molecule has 0 saturated carbocycles. The molecule has 1 aliphatic heterocycles. The van der Waals surface area contributed by atoms with Crippen molar-refractivity contribution < 1.29 is 14.3 Å². The SMILES string of the molecule is COCCN(CC(=O)Nc1cc(C)ccc1OC)C1CCSCC1. The fourth-order valence-corrected chi connectivity index (χ4v) is 4.02. The number of anilines is 1. The number of carbonyl (C=O) groups excluding carboxylic acids is 1. The molecule has 0 aromatic heterocycles. The lowest BCUT2D eigenvalue weighted by molar-refractivity contribution is -0.118. The predicted octanol–water partition coefficient (Wildman–Crippen LogP) is 2.79. The Morgan fingerprint density at radius 1 is 1.33 bits per heavy atom. The van der Waals surface area contributed by atoms with Crippen molar-refractivity contribution in [1.82, 2.24) is 4.90 Å². The van der Waals surface area contributed by atoms with Gasteiger partial charge in [0.1, 0.15) is 5.75 Å². The van der Waals surface area contributed by atoms with E-state index in [9.17, 15) is 4.79 Å². The second-order valence-electron chi connectivity index (χ2n) is 6.06. The normalized spacial score (nSPS) is 15.5. The number of thioether (sulfide) groups is 1. The second kappa shape index (κ2) is 9.91. The van der Waals surface area contributed by atoms with Crippen LogP contribution in [-0.4, -0.2) is 62.3 Å². The van der Waals surface area contributed by atoms with Crippen molar-refractivity contribution in [3.63, 3.8) is 0 Å². The molecule has 6 heteroatoms. The van der Waals surface area contributed by atoms with Crippen molar-refractivity contribution in [3.8, 4) is 5.75 Å². The van der Waals surface area contributed by atoms with Gasteiger partial charge in [0, 0.05) is 19.7 Å². The van der Waals surface area contributed by atoms with Crippen LogP contribution in [0.15, 0.2) is 18.2 Å². The highest BCUT2D eigenvalue weighted by Crippen LogP contribution is 2.26. The van der Waals surface area contributed by atoms with E-state index >= 15 is 0 Å². The first-order valence-electron chi connectivity index (χ1n) is 8.39. The monoisotopic (exact) mass is 352 g/mol. The number of ether oxygens (including phenoxy) is 2. The zero-order valence-electron chi connectivity index (χ0n) is 14.8. The Kier molecular flexibility index (Phi) is 7.88. The van der Waals surface area contributed by atoms with Gasteiger partial charge in [-0.15, -0.1) is 0 Å². The van der Waals surface area contributed by atoms with Gasteiger partial charge in [-0.05, 0) is 49.0 Å². The van der Waals surface area contributed by atoms with E-state index in [0.717, 1.165) is 30.6 Å². The maximum absolute atomic E-state index is 12.6. The van der Waals surface area contributed by atoms with Crippen molar-refractivity contribution in [2.75, 3.05) is 50.7 Å². The molecule has 0 atom stereocenters. The van der Waals surface area contributed by atoms with Crippen molar-refractivity contribution in [2.45, 2.75) is 25.8 Å². The van der Waals surface area contributed by atoms with Gasteiger partial charge in [-0.1, -0.05) is 6.07 Å². The Labute approximate surface area is 149 Å². The zero-order valence-corrected chi connectivity index (χ0v) is 15.7. The van der Waals surface area contributed by atoms with Crippen LogP contribution in [0.2, 0.25) is 0 Å². The third-order valence-corrected chi connectivity index (χ3v) is 5.31. The standard InChI is InChI=1S/C18H28N2O3S/c1-14-4-5-17(23-3)16(12-14)19-18(21)13-20(8-9-22-2)15-6-10-24-11-7-15/h4-5,12,15H,6-11,13H2,1-3H3,(H,19,21). The van der Waals surface area contributed by atoms with Crippen molar-refractivity contribution >= 4 is 23.4 Å². The number of nitrogens with zero attached hydrogens (tertiary/aromatic N) is 1. The number of hydrogen-bond acceptors (Lipinski definition) is 5. The van der Waals surface area contributed by atoms with Crippen LogP contribution in [0, 0.1) is 6.92 Å². The molecular weight excluding hydrogens is 324 g/mol. The van der Waals surface area contributed by atoms with Crippen LogP contribution in [-0.2, 0) is 9.53 Å². The van der Waals surface area contributed by atoms with Crippen LogP contribution in [0.1, 0.15) is 18.4 Å². The van der Waals surface area contributed by atoms with Gasteiger partial charge in [0.05, 0.1) is 25.9 Å². The number of benzene rings is 1. The number of methoxy groups -OCH3 is 2. The third kappa shape index (κ3) is 5.69. The highest BCUT2D eigenvalue weighted by Gasteiger charge is 2.23. The van der Waals surface area contributed by atoms with Gasteiger partial charge in [0.2, 0.25) is 5.91 Å². The van der Waals surface area contributed by atoms with E-state index in [2.05, 4.69) is 10.2 Å². The maximum atomic E-state index is 12.6. The minimum atomic E-state index is -0.00627. The Morgan fingerprint density at radius 2 is 2.08 bits per heavy atom. The molecule has 1 aromatic carbocycles. The average molecular weight is 353 g/mol. The molecule has 1 fully saturated rings. The number of aryl methyl sites for hydroxylation is 1. The minimum Gasteiger partial charge on any atom is -0.495 e. The molecule has 2 rings (SSSR count). The highest BCUT2D eigenvalue weighted by molar-refractivity contribution is 7.99. The molecule has 0 spiro atoms. The van der Waals surface area contributed by atoms with E-state index in [1.807, 2.05) is 36.9 Å². The van der Waals surface area contributed by atoms with Gasteiger partial charge in [0.15, 0.2) is 0 Å². The van der Waals surface area contributed by atoms with Crippen molar-refractivity contribution in [3.05, 3.63) is 23.8 Å². The summed E-state index contributed by atoms with van der Waals surface area (Å²) in [6.07, 6.45) is 2.27. The van der Waals surface area contributed by atoms with Crippen molar-refractivity contribution in [1.29, 1.82) is 0 Å². The summed E-state index contributed by atoms with van der Waals surface area (Å²) in [6, 6.07) is 6.25. The Hall–Kier alpha value is -1.24. The highest BCUT2D eigenvalue weighted by atomic mass is 32.2. The van der Waals surface area contributed by atoms with E-state index in [1.165, 1.54) is 11.5 Å². The van der Waals surface area contributed by atoms with Crippen LogP contribution >= 0.6 is 11.8 Å². The molecule has 0 aliphatic carbocycles. The molecule has 0 bridgehead atoms. The summed E-state index contributed by atoms with van der Waals surface area (Å²) >= 11 is 1.99. The average Bonchev–Trinajstić information content (AvgIpc) is 2.59. The van der Waals surface area contributed by atoms with E-state index in [1.54, 1.807) is 14.2 Å². The zero-order chi connectivity index (χ0) is 17.4. The van der Waals surface area contributed by atoms with E-state index < -0.39 is 0 Å². The maximum Gasteiger partial charge on any atom is 0.238 e. The van der Waals surface area contributed by atoms with Crippen LogP contribution in [0.25, 0.3) is 0 Å². The molecule has 0 radical (unpaired) electrons. The summed E-state index contributed by atoms with van der Waals surface area (Å²) in [4.78, 5) is 14.8. The van der Waals surface area contributed by atoms with Gasteiger partial charge < -0.3 is 14.8 Å². The largest absolute Gasteiger partial charge is 0.495 e. The number of nitrogens with one attached hydrogen (secondary N) is 1. The fourth-order valence-electron chi connectivity index (χ4n) is 2.94. The molecule has 1 amide bonds. The third-order valence-electron chi connectivity index (χ3n) is 4.27. The Morgan fingerprint density at radius 3 is 2.75 bits per heavy atom. The van der Waals surface area contributed by atoms with Crippen LogP contribution in [0.3, 0.4) is 0 Å². The smallest absolute Gasteiger partial charge is 0.238 e. The lowest BCUT2D eigenvalue weighted by atomic mass is 10.1. The van der Waals surface area contributed by atoms with Gasteiger partial charge >= 0.3 is 0 Å². The Bertz CT molecular complexity index is 533. The summed E-state index contributed by atoms with van der Waals surface area (Å²) in [5, 5.41) is 3.00. The Balaban J connectivity index is 2.00. The first-order valence-corrected chi connectivity index (χ1v) is 9.54. The molecule has 5 nitrogen and oxygen atoms in total. The molecule has 1 aliphatic rings. The fraction of sp³-hybridized carbons (Fsp3) is 0.611. The molecule has 24 heavy (non-hydrogen) atoms. The minimum absolute atomic E-state index is 0.00627. The van der Waals surface area contributed by atoms with Crippen LogP contribution < -0.4 is 10.1 Å². The van der Waals surface area contributed by atoms with E-state index in [-0.39, 0.29) is 5.91 Å². The summed E-state index contributed by atoms with van der Waals surface area (Å²) in [5.41, 5.74) is 1.82. The summed E-state index contributed by atoms with van der Waals surface area (Å²) in [7, 11) is 3.32. The molecule has 1 aromatic rings. The van der Waals surface area contributed by atoms with Crippen LogP contribution in [0.4, 0.5) is 5.69 Å².